The number of nitrogens with zero attached hydrogens (tertiary/aromatic N) is 4. The van der Waals surface area contributed by atoms with E-state index in [2.05, 4.69) is 25.4 Å². The summed E-state index contributed by atoms with van der Waals surface area (Å²) in [6.45, 7) is 6.36. The summed E-state index contributed by atoms with van der Waals surface area (Å²) in [6.07, 6.45) is 2.06. The first-order chi connectivity index (χ1) is 16.2. The van der Waals surface area contributed by atoms with Crippen LogP contribution in [0.15, 0.2) is 42.6 Å². The van der Waals surface area contributed by atoms with Gasteiger partial charge in [-0.15, -0.1) is 0 Å². The number of carbonyl (C=O) groups excluding carboxylic acids is 1. The molecular formula is C23H28N6O3S. The summed E-state index contributed by atoms with van der Waals surface area (Å²) in [4.78, 5) is 19.3. The minimum atomic E-state index is -0.0625. The molecule has 1 fully saturated rings. The molecule has 2 aromatic heterocycles. The highest BCUT2D eigenvalue weighted by Gasteiger charge is 2.16. The maximum absolute atomic E-state index is 12.6. The summed E-state index contributed by atoms with van der Waals surface area (Å²) in [6, 6.07) is 11.5. The van der Waals surface area contributed by atoms with Crippen LogP contribution in [0.3, 0.4) is 0 Å². The largest absolute Gasteiger partial charge is 0.494 e. The van der Waals surface area contributed by atoms with Crippen LogP contribution in [0.2, 0.25) is 0 Å². The Morgan fingerprint density at radius 2 is 2.03 bits per heavy atom. The fraction of sp³-hybridized carbons (Fsp3) is 0.391. The fourth-order valence-electron chi connectivity index (χ4n) is 3.74. The summed E-state index contributed by atoms with van der Waals surface area (Å²) >= 11 is 5.39. The minimum Gasteiger partial charge on any atom is -0.494 e. The van der Waals surface area contributed by atoms with Gasteiger partial charge in [0, 0.05) is 49.9 Å². The number of carbonyl (C=O) groups is 1. The molecule has 0 bridgehead atoms. The van der Waals surface area contributed by atoms with Crippen LogP contribution in [-0.2, 0) is 22.6 Å². The lowest BCUT2D eigenvalue weighted by Gasteiger charge is -2.29. The second-order valence-electron chi connectivity index (χ2n) is 7.57. The van der Waals surface area contributed by atoms with Crippen molar-refractivity contribution >= 4 is 23.9 Å². The lowest BCUT2D eigenvalue weighted by molar-refractivity contribution is -0.121. The third-order valence-corrected chi connectivity index (χ3v) is 5.71. The van der Waals surface area contributed by atoms with Crippen molar-refractivity contribution in [1.82, 2.24) is 25.1 Å². The first-order valence-corrected chi connectivity index (χ1v) is 11.5. The fourth-order valence-corrected chi connectivity index (χ4v) is 3.96. The van der Waals surface area contributed by atoms with Crippen LogP contribution >= 0.6 is 12.2 Å². The molecule has 1 amide bonds. The van der Waals surface area contributed by atoms with E-state index in [-0.39, 0.29) is 12.3 Å². The van der Waals surface area contributed by atoms with Gasteiger partial charge < -0.3 is 19.7 Å². The number of amides is 1. The van der Waals surface area contributed by atoms with Crippen LogP contribution in [0.5, 0.6) is 5.75 Å². The summed E-state index contributed by atoms with van der Waals surface area (Å²) in [5, 5.41) is 10.2. The smallest absolute Gasteiger partial charge is 0.222 e. The van der Waals surface area contributed by atoms with Gasteiger partial charge in [-0.05, 0) is 49.5 Å². The number of hydrogen-bond acceptors (Lipinski definition) is 7. The third-order valence-electron chi connectivity index (χ3n) is 5.40. The van der Waals surface area contributed by atoms with E-state index in [1.807, 2.05) is 47.9 Å². The maximum Gasteiger partial charge on any atom is 0.222 e. The normalized spacial score (nSPS) is 13.7. The Hall–Kier alpha value is -3.24. The summed E-state index contributed by atoms with van der Waals surface area (Å²) in [5.41, 5.74) is 1.89. The number of hydrogen-bond donors (Lipinski definition) is 2. The van der Waals surface area contributed by atoms with Gasteiger partial charge in [0.1, 0.15) is 11.6 Å². The Morgan fingerprint density at radius 1 is 1.24 bits per heavy atom. The lowest BCUT2D eigenvalue weighted by Crippen LogP contribution is -2.37. The molecule has 0 atom stereocenters. The second kappa shape index (κ2) is 11.1. The molecule has 2 N–H and O–H groups in total. The van der Waals surface area contributed by atoms with E-state index in [1.165, 1.54) is 0 Å². The zero-order chi connectivity index (χ0) is 23.0. The van der Waals surface area contributed by atoms with Gasteiger partial charge in [-0.3, -0.25) is 14.5 Å². The molecule has 4 rings (SSSR count). The van der Waals surface area contributed by atoms with Gasteiger partial charge in [0.15, 0.2) is 10.6 Å². The molecule has 0 saturated carbocycles. The first-order valence-electron chi connectivity index (χ1n) is 11.1. The molecule has 0 spiro atoms. The van der Waals surface area contributed by atoms with Crippen molar-refractivity contribution in [3.63, 3.8) is 0 Å². The van der Waals surface area contributed by atoms with E-state index in [0.717, 1.165) is 35.8 Å². The number of pyridine rings is 1. The van der Waals surface area contributed by atoms with Crippen molar-refractivity contribution in [2.24, 2.45) is 0 Å². The molecule has 1 aliphatic heterocycles. The highest BCUT2D eigenvalue weighted by atomic mass is 32.1. The number of benzene rings is 1. The number of aromatic nitrogens is 4. The standard InChI is InChI=1S/C23H28N6O3S/c1-2-32-19-7-5-17(6-8-19)22-26-27-23(33)29(22)11-9-20(30)25-16-18-4-3-10-24-21(18)28-12-14-31-15-13-28/h3-8,10H,2,9,11-16H2,1H3,(H,25,30)(H,27,33). The van der Waals surface area contributed by atoms with Crippen molar-refractivity contribution in [3.8, 4) is 17.1 Å². The number of anilines is 1. The number of ether oxygens (including phenoxy) is 2. The van der Waals surface area contributed by atoms with E-state index in [9.17, 15) is 4.79 Å². The average molecular weight is 469 g/mol. The van der Waals surface area contributed by atoms with Crippen molar-refractivity contribution in [2.45, 2.75) is 26.4 Å². The van der Waals surface area contributed by atoms with Crippen LogP contribution in [0.25, 0.3) is 11.4 Å². The van der Waals surface area contributed by atoms with Gasteiger partial charge in [-0.2, -0.15) is 5.10 Å². The number of rotatable bonds is 9. The minimum absolute atomic E-state index is 0.0625. The van der Waals surface area contributed by atoms with Gasteiger partial charge in [-0.25, -0.2) is 4.98 Å². The van der Waals surface area contributed by atoms with Crippen molar-refractivity contribution < 1.29 is 14.3 Å². The molecular weight excluding hydrogens is 440 g/mol. The van der Waals surface area contributed by atoms with E-state index in [1.54, 1.807) is 6.20 Å². The molecule has 3 heterocycles. The molecule has 3 aromatic rings. The van der Waals surface area contributed by atoms with Crippen LogP contribution < -0.4 is 15.0 Å². The van der Waals surface area contributed by atoms with E-state index < -0.39 is 0 Å². The van der Waals surface area contributed by atoms with Crippen molar-refractivity contribution in [3.05, 3.63) is 52.9 Å². The summed E-state index contributed by atoms with van der Waals surface area (Å²) in [7, 11) is 0. The summed E-state index contributed by atoms with van der Waals surface area (Å²) in [5.74, 6) is 2.33. The topological polar surface area (TPSA) is 97.3 Å². The highest BCUT2D eigenvalue weighted by molar-refractivity contribution is 7.71. The predicted molar refractivity (Wildman–Crippen MR) is 128 cm³/mol. The molecule has 1 saturated heterocycles. The van der Waals surface area contributed by atoms with E-state index >= 15 is 0 Å². The van der Waals surface area contributed by atoms with Gasteiger partial charge in [0.05, 0.1) is 19.8 Å². The predicted octanol–water partition coefficient (Wildman–Crippen LogP) is 2.94. The van der Waals surface area contributed by atoms with Crippen molar-refractivity contribution in [1.29, 1.82) is 0 Å². The number of H-pyrrole nitrogens is 1. The van der Waals surface area contributed by atoms with Crippen LogP contribution in [-0.4, -0.2) is 58.6 Å². The zero-order valence-electron chi connectivity index (χ0n) is 18.6. The zero-order valence-corrected chi connectivity index (χ0v) is 19.4. The average Bonchev–Trinajstić information content (AvgIpc) is 3.23. The molecule has 1 aromatic carbocycles. The Labute approximate surface area is 197 Å². The van der Waals surface area contributed by atoms with Gasteiger partial charge in [0.2, 0.25) is 5.91 Å². The SMILES string of the molecule is CCOc1ccc(-c2n[nH]c(=S)n2CCC(=O)NCc2cccnc2N2CCOCC2)cc1. The molecule has 0 unspecified atom stereocenters. The molecule has 10 heteroatoms. The lowest BCUT2D eigenvalue weighted by atomic mass is 10.2. The van der Waals surface area contributed by atoms with Gasteiger partial charge >= 0.3 is 0 Å². The summed E-state index contributed by atoms with van der Waals surface area (Å²) < 4.78 is 13.3. The Bertz CT molecular complexity index is 1120. The number of morpholine rings is 1. The third kappa shape index (κ3) is 5.77. The highest BCUT2D eigenvalue weighted by Crippen LogP contribution is 2.22. The Morgan fingerprint density at radius 3 is 2.79 bits per heavy atom. The molecule has 9 nitrogen and oxygen atoms in total. The van der Waals surface area contributed by atoms with E-state index in [0.29, 0.717) is 43.5 Å². The van der Waals surface area contributed by atoms with Crippen LogP contribution in [0.4, 0.5) is 5.82 Å². The van der Waals surface area contributed by atoms with Crippen LogP contribution in [0.1, 0.15) is 18.9 Å². The number of aromatic amines is 1. The monoisotopic (exact) mass is 468 g/mol. The molecule has 174 valence electrons. The van der Waals surface area contributed by atoms with Crippen LogP contribution in [0, 0.1) is 4.77 Å². The Balaban J connectivity index is 1.37. The molecule has 33 heavy (non-hydrogen) atoms. The molecule has 0 aliphatic carbocycles. The van der Waals surface area contributed by atoms with Gasteiger partial charge in [0.25, 0.3) is 0 Å². The van der Waals surface area contributed by atoms with E-state index in [4.69, 9.17) is 21.7 Å². The molecule has 0 radical (unpaired) electrons. The van der Waals surface area contributed by atoms with Gasteiger partial charge in [-0.1, -0.05) is 6.07 Å². The van der Waals surface area contributed by atoms with Crippen molar-refractivity contribution in [2.75, 3.05) is 37.8 Å². The first kappa shape index (κ1) is 22.9. The second-order valence-corrected chi connectivity index (χ2v) is 7.96. The quantitative estimate of drug-likeness (QED) is 0.466. The molecule has 1 aliphatic rings. The Kier molecular flexibility index (Phi) is 7.69. The number of nitrogens with one attached hydrogen (secondary N) is 2. The maximum atomic E-state index is 12.6.